The van der Waals surface area contributed by atoms with Crippen molar-refractivity contribution in [2.45, 2.75) is 4.90 Å². The van der Waals surface area contributed by atoms with Crippen molar-refractivity contribution in [2.24, 2.45) is 0 Å². The number of ether oxygens (including phenoxy) is 2. The van der Waals surface area contributed by atoms with Gasteiger partial charge in [-0.25, -0.2) is 8.42 Å². The van der Waals surface area contributed by atoms with Crippen LogP contribution in [0.5, 0.6) is 5.75 Å². The Labute approximate surface area is 106 Å². The summed E-state index contributed by atoms with van der Waals surface area (Å²) in [6, 6.07) is 4.57. The lowest BCUT2D eigenvalue weighted by atomic mass is 10.3. The molecule has 2 N–H and O–H groups in total. The molecule has 0 radical (unpaired) electrons. The first kappa shape index (κ1) is 13.1. The fourth-order valence-electron chi connectivity index (χ4n) is 1.81. The average molecular weight is 272 g/mol. The number of rotatable bonds is 3. The van der Waals surface area contributed by atoms with Crippen LogP contribution in [0, 0.1) is 0 Å². The van der Waals surface area contributed by atoms with E-state index in [2.05, 4.69) is 0 Å². The molecule has 0 bridgehead atoms. The minimum absolute atomic E-state index is 0.116. The van der Waals surface area contributed by atoms with Crippen molar-refractivity contribution in [3.05, 3.63) is 18.2 Å². The molecule has 0 saturated carbocycles. The highest BCUT2D eigenvalue weighted by Crippen LogP contribution is 2.26. The van der Waals surface area contributed by atoms with E-state index in [0.29, 0.717) is 32.1 Å². The summed E-state index contributed by atoms with van der Waals surface area (Å²) in [5.41, 5.74) is 5.97. The topological polar surface area (TPSA) is 81.9 Å². The highest BCUT2D eigenvalue weighted by molar-refractivity contribution is 7.89. The number of hydrogen-bond acceptors (Lipinski definition) is 5. The van der Waals surface area contributed by atoms with Crippen LogP contribution < -0.4 is 10.5 Å². The molecule has 0 unspecified atom stereocenters. The number of anilines is 1. The number of hydrogen-bond donors (Lipinski definition) is 1. The third-order valence-electron chi connectivity index (χ3n) is 2.80. The molecule has 1 heterocycles. The van der Waals surface area contributed by atoms with Crippen LogP contribution in [0.2, 0.25) is 0 Å². The zero-order valence-electron chi connectivity index (χ0n) is 10.1. The zero-order chi connectivity index (χ0) is 13.2. The highest BCUT2D eigenvalue weighted by atomic mass is 32.2. The molecule has 18 heavy (non-hydrogen) atoms. The van der Waals surface area contributed by atoms with Gasteiger partial charge < -0.3 is 15.2 Å². The molecular weight excluding hydrogens is 256 g/mol. The number of nitrogens with zero attached hydrogens (tertiary/aromatic N) is 1. The summed E-state index contributed by atoms with van der Waals surface area (Å²) in [7, 11) is -2.04. The van der Waals surface area contributed by atoms with Gasteiger partial charge in [-0.15, -0.1) is 0 Å². The molecule has 1 aliphatic heterocycles. The van der Waals surface area contributed by atoms with Crippen molar-refractivity contribution in [3.8, 4) is 5.75 Å². The summed E-state index contributed by atoms with van der Waals surface area (Å²) in [4.78, 5) is 0.116. The predicted octanol–water partition coefficient (Wildman–Crippen LogP) is 0.298. The highest BCUT2D eigenvalue weighted by Gasteiger charge is 2.28. The van der Waals surface area contributed by atoms with Crippen molar-refractivity contribution in [2.75, 3.05) is 39.1 Å². The monoisotopic (exact) mass is 272 g/mol. The first-order valence-corrected chi connectivity index (χ1v) is 7.01. The van der Waals surface area contributed by atoms with Crippen LogP contribution >= 0.6 is 0 Å². The molecule has 6 nitrogen and oxygen atoms in total. The quantitative estimate of drug-likeness (QED) is 0.800. The van der Waals surface area contributed by atoms with E-state index in [-0.39, 0.29) is 10.6 Å². The van der Waals surface area contributed by atoms with Gasteiger partial charge in [0.15, 0.2) is 0 Å². The van der Waals surface area contributed by atoms with E-state index < -0.39 is 10.0 Å². The summed E-state index contributed by atoms with van der Waals surface area (Å²) in [5.74, 6) is 0.536. The Morgan fingerprint density at radius 3 is 2.56 bits per heavy atom. The van der Waals surface area contributed by atoms with Crippen LogP contribution in [0.25, 0.3) is 0 Å². The smallest absolute Gasteiger partial charge is 0.245 e. The van der Waals surface area contributed by atoms with Crippen LogP contribution in [0.3, 0.4) is 0 Å². The van der Waals surface area contributed by atoms with E-state index in [0.717, 1.165) is 0 Å². The molecule has 0 aromatic heterocycles. The summed E-state index contributed by atoms with van der Waals surface area (Å²) >= 11 is 0. The van der Waals surface area contributed by atoms with E-state index in [1.165, 1.54) is 23.5 Å². The van der Waals surface area contributed by atoms with Gasteiger partial charge in [0.25, 0.3) is 0 Å². The molecule has 1 fully saturated rings. The second-order valence-electron chi connectivity index (χ2n) is 3.92. The Bertz CT molecular complexity index is 524. The number of methoxy groups -OCH3 is 1. The Kier molecular flexibility index (Phi) is 3.74. The Hall–Kier alpha value is -1.31. The first-order valence-electron chi connectivity index (χ1n) is 5.57. The van der Waals surface area contributed by atoms with E-state index >= 15 is 0 Å². The Morgan fingerprint density at radius 2 is 2.00 bits per heavy atom. The van der Waals surface area contributed by atoms with E-state index in [1.54, 1.807) is 6.07 Å². The lowest BCUT2D eigenvalue weighted by Crippen LogP contribution is -2.40. The van der Waals surface area contributed by atoms with Gasteiger partial charge >= 0.3 is 0 Å². The zero-order valence-corrected chi connectivity index (χ0v) is 10.9. The number of sulfonamides is 1. The fraction of sp³-hybridized carbons (Fsp3) is 0.455. The number of nitrogen functional groups attached to an aromatic ring is 1. The second kappa shape index (κ2) is 5.13. The fourth-order valence-corrected chi connectivity index (χ4v) is 3.32. The maximum atomic E-state index is 12.4. The SMILES string of the molecule is COc1ccc(S(=O)(=O)N2CCOCC2)c(N)c1. The van der Waals surface area contributed by atoms with Crippen molar-refractivity contribution >= 4 is 15.7 Å². The van der Waals surface area contributed by atoms with Gasteiger partial charge in [-0.2, -0.15) is 4.31 Å². The largest absolute Gasteiger partial charge is 0.497 e. The maximum Gasteiger partial charge on any atom is 0.245 e. The van der Waals surface area contributed by atoms with Crippen LogP contribution in [0.4, 0.5) is 5.69 Å². The molecule has 0 spiro atoms. The summed E-state index contributed by atoms with van der Waals surface area (Å²) in [6.07, 6.45) is 0. The normalized spacial score (nSPS) is 17.6. The van der Waals surface area contributed by atoms with Crippen LogP contribution in [0.15, 0.2) is 23.1 Å². The summed E-state index contributed by atoms with van der Waals surface area (Å²) in [6.45, 7) is 1.53. The van der Waals surface area contributed by atoms with Gasteiger partial charge in [-0.1, -0.05) is 0 Å². The van der Waals surface area contributed by atoms with Gasteiger partial charge in [-0.3, -0.25) is 0 Å². The van der Waals surface area contributed by atoms with Crippen LogP contribution in [0.1, 0.15) is 0 Å². The molecule has 0 aliphatic carbocycles. The molecule has 2 rings (SSSR count). The van der Waals surface area contributed by atoms with Crippen molar-refractivity contribution in [3.63, 3.8) is 0 Å². The molecule has 100 valence electrons. The van der Waals surface area contributed by atoms with E-state index in [9.17, 15) is 8.42 Å². The molecule has 0 atom stereocenters. The van der Waals surface area contributed by atoms with Crippen LogP contribution in [-0.4, -0.2) is 46.1 Å². The predicted molar refractivity (Wildman–Crippen MR) is 67.0 cm³/mol. The first-order chi connectivity index (χ1) is 8.55. The lowest BCUT2D eigenvalue weighted by Gasteiger charge is -2.26. The van der Waals surface area contributed by atoms with E-state index in [1.807, 2.05) is 0 Å². The van der Waals surface area contributed by atoms with Crippen molar-refractivity contribution < 1.29 is 17.9 Å². The molecule has 1 aromatic carbocycles. The van der Waals surface area contributed by atoms with Crippen LogP contribution in [-0.2, 0) is 14.8 Å². The number of morpholine rings is 1. The molecule has 1 aromatic rings. The number of benzene rings is 1. The molecule has 0 amide bonds. The minimum atomic E-state index is -3.54. The molecule has 1 saturated heterocycles. The third kappa shape index (κ3) is 2.43. The second-order valence-corrected chi connectivity index (χ2v) is 5.83. The van der Waals surface area contributed by atoms with E-state index in [4.69, 9.17) is 15.2 Å². The Morgan fingerprint density at radius 1 is 1.33 bits per heavy atom. The number of nitrogens with two attached hydrogens (primary N) is 1. The molecular formula is C11H16N2O4S. The third-order valence-corrected chi connectivity index (χ3v) is 4.78. The summed E-state index contributed by atoms with van der Waals surface area (Å²) < 4.78 is 36.2. The van der Waals surface area contributed by atoms with Gasteiger partial charge in [0.1, 0.15) is 10.6 Å². The molecule has 1 aliphatic rings. The molecule has 7 heteroatoms. The van der Waals surface area contributed by atoms with Crippen molar-refractivity contribution in [1.29, 1.82) is 0 Å². The van der Waals surface area contributed by atoms with Gasteiger partial charge in [-0.05, 0) is 12.1 Å². The lowest BCUT2D eigenvalue weighted by molar-refractivity contribution is 0.0730. The van der Waals surface area contributed by atoms with Gasteiger partial charge in [0.2, 0.25) is 10.0 Å². The average Bonchev–Trinajstić information content (AvgIpc) is 2.39. The van der Waals surface area contributed by atoms with Crippen molar-refractivity contribution in [1.82, 2.24) is 4.31 Å². The maximum absolute atomic E-state index is 12.4. The van der Waals surface area contributed by atoms with Gasteiger partial charge in [0.05, 0.1) is 26.0 Å². The Balaban J connectivity index is 2.34. The standard InChI is InChI=1S/C11H16N2O4S/c1-16-9-2-3-11(10(12)8-9)18(14,15)13-4-6-17-7-5-13/h2-3,8H,4-7,12H2,1H3. The summed E-state index contributed by atoms with van der Waals surface area (Å²) in [5, 5.41) is 0. The van der Waals surface area contributed by atoms with Gasteiger partial charge in [0, 0.05) is 19.2 Å². The minimum Gasteiger partial charge on any atom is -0.497 e.